The first kappa shape index (κ1) is 10.5. The lowest BCUT2D eigenvalue weighted by Crippen LogP contribution is -2.34. The number of nitrogens with one attached hydrogen (secondary N) is 2. The van der Waals surface area contributed by atoms with Gasteiger partial charge in [0.15, 0.2) is 0 Å². The first-order chi connectivity index (χ1) is 6.69. The number of aromatic amines is 1. The Morgan fingerprint density at radius 1 is 1.57 bits per heavy atom. The van der Waals surface area contributed by atoms with Crippen molar-refractivity contribution in [1.82, 2.24) is 9.55 Å². The third-order valence-corrected chi connectivity index (χ3v) is 1.80. The SMILES string of the molecule is CCn1c(=O)cc(NCCN)[nH]c1=O. The fourth-order valence-corrected chi connectivity index (χ4v) is 1.12. The first-order valence-electron chi connectivity index (χ1n) is 4.47. The molecule has 0 aliphatic rings. The predicted molar refractivity (Wildman–Crippen MR) is 54.5 cm³/mol. The summed E-state index contributed by atoms with van der Waals surface area (Å²) in [5, 5.41) is 2.83. The molecular weight excluding hydrogens is 184 g/mol. The quantitative estimate of drug-likeness (QED) is 0.574. The highest BCUT2D eigenvalue weighted by Crippen LogP contribution is 1.91. The van der Waals surface area contributed by atoms with E-state index in [-0.39, 0.29) is 5.56 Å². The van der Waals surface area contributed by atoms with Gasteiger partial charge >= 0.3 is 5.69 Å². The summed E-state index contributed by atoms with van der Waals surface area (Å²) in [5.41, 5.74) is 4.56. The highest BCUT2D eigenvalue weighted by atomic mass is 16.2. The zero-order valence-corrected chi connectivity index (χ0v) is 8.04. The number of nitrogens with zero attached hydrogens (tertiary/aromatic N) is 1. The van der Waals surface area contributed by atoms with Crippen LogP contribution in [0.1, 0.15) is 6.92 Å². The van der Waals surface area contributed by atoms with Gasteiger partial charge in [-0.2, -0.15) is 0 Å². The summed E-state index contributed by atoms with van der Waals surface area (Å²) in [7, 11) is 0. The lowest BCUT2D eigenvalue weighted by atomic mass is 10.5. The molecule has 4 N–H and O–H groups in total. The van der Waals surface area contributed by atoms with Gasteiger partial charge < -0.3 is 11.1 Å². The van der Waals surface area contributed by atoms with Gasteiger partial charge in [0.1, 0.15) is 5.82 Å². The molecule has 0 bridgehead atoms. The Morgan fingerprint density at radius 3 is 2.79 bits per heavy atom. The highest BCUT2D eigenvalue weighted by Gasteiger charge is 2.00. The largest absolute Gasteiger partial charge is 0.370 e. The molecule has 78 valence electrons. The van der Waals surface area contributed by atoms with Crippen LogP contribution in [0.2, 0.25) is 0 Å². The summed E-state index contributed by atoms with van der Waals surface area (Å²) >= 11 is 0. The minimum atomic E-state index is -0.403. The number of rotatable bonds is 4. The number of hydrogen-bond donors (Lipinski definition) is 3. The van der Waals surface area contributed by atoms with Crippen LogP contribution in [-0.2, 0) is 6.54 Å². The molecule has 1 aromatic rings. The third kappa shape index (κ3) is 2.23. The molecular formula is C8H14N4O2. The molecule has 0 saturated carbocycles. The van der Waals surface area contributed by atoms with Gasteiger partial charge in [-0.05, 0) is 6.92 Å². The summed E-state index contributed by atoms with van der Waals surface area (Å²) in [5.74, 6) is 0.412. The third-order valence-electron chi connectivity index (χ3n) is 1.80. The molecule has 6 nitrogen and oxygen atoms in total. The van der Waals surface area contributed by atoms with Crippen molar-refractivity contribution in [3.63, 3.8) is 0 Å². The van der Waals surface area contributed by atoms with Crippen molar-refractivity contribution < 1.29 is 0 Å². The van der Waals surface area contributed by atoms with Crippen LogP contribution in [0.25, 0.3) is 0 Å². The van der Waals surface area contributed by atoms with Crippen LogP contribution in [0, 0.1) is 0 Å². The van der Waals surface area contributed by atoms with E-state index in [4.69, 9.17) is 5.73 Å². The van der Waals surface area contributed by atoms with Crippen LogP contribution in [0.4, 0.5) is 5.82 Å². The second-order valence-electron chi connectivity index (χ2n) is 2.79. The Morgan fingerprint density at radius 2 is 2.29 bits per heavy atom. The molecule has 0 unspecified atom stereocenters. The normalized spacial score (nSPS) is 10.1. The van der Waals surface area contributed by atoms with E-state index in [0.29, 0.717) is 25.5 Å². The van der Waals surface area contributed by atoms with E-state index in [1.54, 1.807) is 6.92 Å². The van der Waals surface area contributed by atoms with E-state index in [0.717, 1.165) is 4.57 Å². The molecule has 0 radical (unpaired) electrons. The fraction of sp³-hybridized carbons (Fsp3) is 0.500. The molecule has 0 amide bonds. The van der Waals surface area contributed by atoms with E-state index in [2.05, 4.69) is 10.3 Å². The van der Waals surface area contributed by atoms with E-state index in [1.807, 2.05) is 0 Å². The van der Waals surface area contributed by atoms with Crippen LogP contribution < -0.4 is 22.3 Å². The van der Waals surface area contributed by atoms with Crippen LogP contribution in [0.3, 0.4) is 0 Å². The van der Waals surface area contributed by atoms with E-state index < -0.39 is 5.69 Å². The summed E-state index contributed by atoms with van der Waals surface area (Å²) in [6, 6.07) is 1.35. The molecule has 0 aliphatic heterocycles. The summed E-state index contributed by atoms with van der Waals surface area (Å²) in [6.45, 7) is 3.07. The molecule has 0 saturated heterocycles. The molecule has 0 aliphatic carbocycles. The van der Waals surface area contributed by atoms with Gasteiger partial charge in [-0.15, -0.1) is 0 Å². The van der Waals surface area contributed by atoms with Crippen molar-refractivity contribution in [2.75, 3.05) is 18.4 Å². The van der Waals surface area contributed by atoms with Gasteiger partial charge in [-0.3, -0.25) is 14.3 Å². The lowest BCUT2D eigenvalue weighted by molar-refractivity contribution is 0.673. The van der Waals surface area contributed by atoms with Gasteiger partial charge in [0.05, 0.1) is 0 Å². The van der Waals surface area contributed by atoms with E-state index >= 15 is 0 Å². The van der Waals surface area contributed by atoms with Crippen LogP contribution >= 0.6 is 0 Å². The Kier molecular flexibility index (Phi) is 3.47. The Balaban J connectivity index is 3.02. The summed E-state index contributed by atoms with van der Waals surface area (Å²) in [6.07, 6.45) is 0. The van der Waals surface area contributed by atoms with Gasteiger partial charge in [-0.1, -0.05) is 0 Å². The second-order valence-corrected chi connectivity index (χ2v) is 2.79. The lowest BCUT2D eigenvalue weighted by Gasteiger charge is -2.05. The zero-order chi connectivity index (χ0) is 10.6. The maximum Gasteiger partial charge on any atom is 0.329 e. The molecule has 1 rings (SSSR count). The molecule has 1 aromatic heterocycles. The average Bonchev–Trinajstić information content (AvgIpc) is 2.14. The van der Waals surface area contributed by atoms with Gasteiger partial charge in [0.25, 0.3) is 5.56 Å². The van der Waals surface area contributed by atoms with Gasteiger partial charge in [-0.25, -0.2) is 4.79 Å². The molecule has 6 heteroatoms. The van der Waals surface area contributed by atoms with Crippen LogP contribution in [0.5, 0.6) is 0 Å². The van der Waals surface area contributed by atoms with Gasteiger partial charge in [0.2, 0.25) is 0 Å². The molecule has 0 atom stereocenters. The summed E-state index contributed by atoms with van der Waals surface area (Å²) < 4.78 is 1.12. The van der Waals surface area contributed by atoms with Crippen LogP contribution in [-0.4, -0.2) is 22.6 Å². The van der Waals surface area contributed by atoms with Crippen molar-refractivity contribution in [3.05, 3.63) is 26.9 Å². The number of nitrogens with two attached hydrogens (primary N) is 1. The molecule has 14 heavy (non-hydrogen) atoms. The first-order valence-corrected chi connectivity index (χ1v) is 4.47. The number of anilines is 1. The van der Waals surface area contributed by atoms with Crippen molar-refractivity contribution in [2.45, 2.75) is 13.5 Å². The van der Waals surface area contributed by atoms with E-state index in [1.165, 1.54) is 6.07 Å². The standard InChI is InChI=1S/C8H14N4O2/c1-2-12-7(13)5-6(10-4-3-9)11-8(12)14/h5,10H,2-4,9H2,1H3,(H,11,14). The Bertz CT molecular complexity index is 375. The minimum absolute atomic E-state index is 0.309. The topological polar surface area (TPSA) is 92.9 Å². The monoisotopic (exact) mass is 198 g/mol. The maximum atomic E-state index is 11.3. The molecule has 0 spiro atoms. The van der Waals surface area contributed by atoms with E-state index in [9.17, 15) is 9.59 Å². The molecule has 1 heterocycles. The number of aromatic nitrogens is 2. The number of hydrogen-bond acceptors (Lipinski definition) is 4. The predicted octanol–water partition coefficient (Wildman–Crippen LogP) is -1.07. The Hall–Kier alpha value is -1.56. The average molecular weight is 198 g/mol. The van der Waals surface area contributed by atoms with Crippen molar-refractivity contribution in [2.24, 2.45) is 5.73 Å². The second kappa shape index (κ2) is 4.61. The smallest absolute Gasteiger partial charge is 0.329 e. The summed E-state index contributed by atoms with van der Waals surface area (Å²) in [4.78, 5) is 25.2. The Labute approximate surface area is 80.8 Å². The molecule has 0 aromatic carbocycles. The fourth-order valence-electron chi connectivity index (χ4n) is 1.12. The minimum Gasteiger partial charge on any atom is -0.370 e. The number of H-pyrrole nitrogens is 1. The zero-order valence-electron chi connectivity index (χ0n) is 8.04. The maximum absolute atomic E-state index is 11.3. The van der Waals surface area contributed by atoms with Crippen molar-refractivity contribution >= 4 is 5.82 Å². The van der Waals surface area contributed by atoms with Crippen molar-refractivity contribution in [3.8, 4) is 0 Å². The van der Waals surface area contributed by atoms with Crippen molar-refractivity contribution in [1.29, 1.82) is 0 Å². The molecule has 0 fully saturated rings. The highest BCUT2D eigenvalue weighted by molar-refractivity contribution is 5.31. The van der Waals surface area contributed by atoms with Gasteiger partial charge in [0, 0.05) is 25.7 Å². The van der Waals surface area contributed by atoms with Crippen LogP contribution in [0.15, 0.2) is 15.7 Å².